The van der Waals surface area contributed by atoms with Crippen molar-refractivity contribution in [3.63, 3.8) is 0 Å². The molecule has 0 radical (unpaired) electrons. The third-order valence-corrected chi connectivity index (χ3v) is 4.67. The molecule has 0 bridgehead atoms. The van der Waals surface area contributed by atoms with Gasteiger partial charge in [0.05, 0.1) is 18.8 Å². The SMILES string of the molecule is CCOC(=O)N1CCc2nc(NC(=O)c3c(F)cccc3F)sc2C1. The maximum atomic E-state index is 13.7. The molecule has 0 saturated heterocycles. The predicted molar refractivity (Wildman–Crippen MR) is 87.6 cm³/mol. The Balaban J connectivity index is 1.74. The van der Waals surface area contributed by atoms with Crippen molar-refractivity contribution in [2.75, 3.05) is 18.5 Å². The summed E-state index contributed by atoms with van der Waals surface area (Å²) in [6.45, 7) is 2.82. The summed E-state index contributed by atoms with van der Waals surface area (Å²) in [4.78, 5) is 30.5. The number of benzene rings is 1. The minimum absolute atomic E-state index is 0.239. The molecule has 25 heavy (non-hydrogen) atoms. The van der Waals surface area contributed by atoms with Gasteiger partial charge >= 0.3 is 6.09 Å². The molecule has 2 aromatic rings. The standard InChI is InChI=1S/C16H15F2N3O3S/c1-2-24-16(23)21-7-6-11-12(8-21)25-15(19-11)20-14(22)13-9(17)4-3-5-10(13)18/h3-5H,2,6-8H2,1H3,(H,19,20,22). The molecule has 1 N–H and O–H groups in total. The fourth-order valence-corrected chi connectivity index (χ4v) is 3.51. The predicted octanol–water partition coefficient (Wildman–Crippen LogP) is 3.19. The van der Waals surface area contributed by atoms with E-state index in [2.05, 4.69) is 10.3 Å². The van der Waals surface area contributed by atoms with Crippen LogP contribution >= 0.6 is 11.3 Å². The number of halogens is 2. The highest BCUT2D eigenvalue weighted by molar-refractivity contribution is 7.15. The highest BCUT2D eigenvalue weighted by atomic mass is 32.1. The first kappa shape index (κ1) is 17.3. The number of carbonyl (C=O) groups excluding carboxylic acids is 2. The van der Waals surface area contributed by atoms with Gasteiger partial charge in [0.25, 0.3) is 5.91 Å². The monoisotopic (exact) mass is 367 g/mol. The molecule has 1 aromatic heterocycles. The van der Waals surface area contributed by atoms with Gasteiger partial charge in [-0.25, -0.2) is 18.6 Å². The molecule has 2 amide bonds. The van der Waals surface area contributed by atoms with Gasteiger partial charge < -0.3 is 9.64 Å². The second-order valence-corrected chi connectivity index (χ2v) is 6.39. The van der Waals surface area contributed by atoms with E-state index >= 15 is 0 Å². The normalized spacial score (nSPS) is 13.3. The Kier molecular flexibility index (Phi) is 4.93. The first-order valence-electron chi connectivity index (χ1n) is 7.65. The molecule has 0 aliphatic carbocycles. The summed E-state index contributed by atoms with van der Waals surface area (Å²) < 4.78 is 32.3. The second-order valence-electron chi connectivity index (χ2n) is 5.31. The van der Waals surface area contributed by atoms with Gasteiger partial charge in [-0.2, -0.15) is 0 Å². The molecule has 0 saturated carbocycles. The zero-order chi connectivity index (χ0) is 18.0. The highest BCUT2D eigenvalue weighted by Gasteiger charge is 2.26. The Morgan fingerprint density at radius 1 is 1.36 bits per heavy atom. The fraction of sp³-hybridized carbons (Fsp3) is 0.312. The van der Waals surface area contributed by atoms with Crippen LogP contribution in [-0.2, 0) is 17.7 Å². The molecule has 0 atom stereocenters. The largest absolute Gasteiger partial charge is 0.450 e. The van der Waals surface area contributed by atoms with Crippen molar-refractivity contribution in [1.82, 2.24) is 9.88 Å². The Bertz CT molecular complexity index is 805. The van der Waals surface area contributed by atoms with Crippen molar-refractivity contribution in [3.8, 4) is 0 Å². The minimum Gasteiger partial charge on any atom is -0.450 e. The number of nitrogens with zero attached hydrogens (tertiary/aromatic N) is 2. The third kappa shape index (κ3) is 3.60. The van der Waals surface area contributed by atoms with Gasteiger partial charge in [0.2, 0.25) is 0 Å². The van der Waals surface area contributed by atoms with E-state index < -0.39 is 29.2 Å². The quantitative estimate of drug-likeness (QED) is 0.904. The van der Waals surface area contributed by atoms with Crippen LogP contribution < -0.4 is 5.32 Å². The summed E-state index contributed by atoms with van der Waals surface area (Å²) in [6.07, 6.45) is 0.120. The number of carbonyl (C=O) groups is 2. The van der Waals surface area contributed by atoms with E-state index in [0.717, 1.165) is 22.7 Å². The van der Waals surface area contributed by atoms with Crippen molar-refractivity contribution in [2.24, 2.45) is 0 Å². The van der Waals surface area contributed by atoms with Crippen LogP contribution in [0.2, 0.25) is 0 Å². The van der Waals surface area contributed by atoms with Crippen LogP contribution in [0.4, 0.5) is 18.7 Å². The van der Waals surface area contributed by atoms with E-state index in [0.29, 0.717) is 26.1 Å². The smallest absolute Gasteiger partial charge is 0.410 e. The van der Waals surface area contributed by atoms with E-state index in [1.54, 1.807) is 11.8 Å². The van der Waals surface area contributed by atoms with Crippen LogP contribution in [0.1, 0.15) is 27.9 Å². The number of thiazole rings is 1. The topological polar surface area (TPSA) is 71.5 Å². The molecule has 1 aliphatic heterocycles. The fourth-order valence-electron chi connectivity index (χ4n) is 2.49. The summed E-state index contributed by atoms with van der Waals surface area (Å²) in [5, 5.41) is 2.66. The van der Waals surface area contributed by atoms with E-state index in [-0.39, 0.29) is 5.13 Å². The van der Waals surface area contributed by atoms with Crippen LogP contribution in [0.15, 0.2) is 18.2 Å². The van der Waals surface area contributed by atoms with Crippen molar-refractivity contribution >= 4 is 28.5 Å². The molecule has 0 fully saturated rings. The van der Waals surface area contributed by atoms with Crippen LogP contribution in [0.25, 0.3) is 0 Å². The number of fused-ring (bicyclic) bond motifs is 1. The lowest BCUT2D eigenvalue weighted by Gasteiger charge is -2.24. The van der Waals surface area contributed by atoms with Gasteiger partial charge in [-0.3, -0.25) is 10.1 Å². The van der Waals surface area contributed by atoms with E-state index in [9.17, 15) is 18.4 Å². The summed E-state index contributed by atoms with van der Waals surface area (Å²) in [5.41, 5.74) is 0.110. The maximum Gasteiger partial charge on any atom is 0.410 e. The summed E-state index contributed by atoms with van der Waals surface area (Å²) in [7, 11) is 0. The molecule has 0 spiro atoms. The minimum atomic E-state index is -0.938. The summed E-state index contributed by atoms with van der Waals surface area (Å²) >= 11 is 1.17. The molecule has 132 valence electrons. The second kappa shape index (κ2) is 7.14. The molecule has 1 aliphatic rings. The zero-order valence-corrected chi connectivity index (χ0v) is 14.2. The number of ether oxygens (including phenoxy) is 1. The van der Waals surface area contributed by atoms with E-state index in [1.165, 1.54) is 17.4 Å². The van der Waals surface area contributed by atoms with E-state index in [4.69, 9.17) is 4.74 Å². The molecule has 6 nitrogen and oxygen atoms in total. The average Bonchev–Trinajstić information content (AvgIpc) is 2.96. The number of amides is 2. The summed E-state index contributed by atoms with van der Waals surface area (Å²) in [5.74, 6) is -2.77. The Morgan fingerprint density at radius 3 is 2.76 bits per heavy atom. The molecule has 2 heterocycles. The lowest BCUT2D eigenvalue weighted by Crippen LogP contribution is -2.35. The van der Waals surface area contributed by atoms with Crippen molar-refractivity contribution in [2.45, 2.75) is 19.9 Å². The van der Waals surface area contributed by atoms with Gasteiger partial charge in [-0.1, -0.05) is 17.4 Å². The first-order valence-corrected chi connectivity index (χ1v) is 8.47. The van der Waals surface area contributed by atoms with Gasteiger partial charge in [0.15, 0.2) is 5.13 Å². The lowest BCUT2D eigenvalue weighted by atomic mass is 10.2. The molecular formula is C16H15F2N3O3S. The lowest BCUT2D eigenvalue weighted by molar-refractivity contribution is 0.101. The third-order valence-electron chi connectivity index (χ3n) is 3.67. The number of rotatable bonds is 3. The Morgan fingerprint density at radius 2 is 2.08 bits per heavy atom. The van der Waals surface area contributed by atoms with Crippen LogP contribution in [0.3, 0.4) is 0 Å². The van der Waals surface area contributed by atoms with Gasteiger partial charge in [-0.05, 0) is 19.1 Å². The van der Waals surface area contributed by atoms with Crippen molar-refractivity contribution in [3.05, 3.63) is 46.0 Å². The van der Waals surface area contributed by atoms with Crippen LogP contribution in [0.5, 0.6) is 0 Å². The van der Waals surface area contributed by atoms with Crippen LogP contribution in [0, 0.1) is 11.6 Å². The number of aromatic nitrogens is 1. The molecule has 3 rings (SSSR count). The highest BCUT2D eigenvalue weighted by Crippen LogP contribution is 2.29. The van der Waals surface area contributed by atoms with E-state index in [1.807, 2.05) is 0 Å². The molecule has 9 heteroatoms. The van der Waals surface area contributed by atoms with Crippen molar-refractivity contribution < 1.29 is 23.1 Å². The zero-order valence-electron chi connectivity index (χ0n) is 13.3. The Hall–Kier alpha value is -2.55. The van der Waals surface area contributed by atoms with Gasteiger partial charge in [0.1, 0.15) is 17.2 Å². The number of nitrogens with one attached hydrogen (secondary N) is 1. The molecule has 1 aromatic carbocycles. The number of hydrogen-bond acceptors (Lipinski definition) is 5. The average molecular weight is 367 g/mol. The number of hydrogen-bond donors (Lipinski definition) is 1. The van der Waals surface area contributed by atoms with Crippen molar-refractivity contribution in [1.29, 1.82) is 0 Å². The molecular weight excluding hydrogens is 352 g/mol. The van der Waals surface area contributed by atoms with Gasteiger partial charge in [0, 0.05) is 17.8 Å². The summed E-state index contributed by atoms with van der Waals surface area (Å²) in [6, 6.07) is 3.22. The number of anilines is 1. The van der Waals surface area contributed by atoms with Gasteiger partial charge in [-0.15, -0.1) is 0 Å². The first-order chi connectivity index (χ1) is 12.0. The van der Waals surface area contributed by atoms with Crippen LogP contribution in [-0.4, -0.2) is 35.0 Å². The Labute approximate surface area is 146 Å². The maximum absolute atomic E-state index is 13.7. The molecule has 0 unspecified atom stereocenters.